The lowest BCUT2D eigenvalue weighted by atomic mass is 9.87. The predicted molar refractivity (Wildman–Crippen MR) is 72.9 cm³/mol. The van der Waals surface area contributed by atoms with Gasteiger partial charge in [0.05, 0.1) is 6.04 Å². The second kappa shape index (κ2) is 6.71. The molecule has 102 valence electrons. The van der Waals surface area contributed by atoms with E-state index in [4.69, 9.17) is 5.73 Å². The Kier molecular flexibility index (Phi) is 6.29. The zero-order valence-electron chi connectivity index (χ0n) is 10.9. The van der Waals surface area contributed by atoms with E-state index in [1.807, 2.05) is 20.8 Å². The summed E-state index contributed by atoms with van der Waals surface area (Å²) in [7, 11) is 0. The third kappa shape index (κ3) is 5.02. The van der Waals surface area contributed by atoms with Crippen molar-refractivity contribution >= 4 is 18.3 Å². The molecule has 3 nitrogen and oxygen atoms in total. The standard InChI is InChI=1S/C13H19FN2O.ClH/c1-13(2,3)11(15)12(17)16-8-9-4-6-10(14)7-5-9;/h4-7,11H,8,15H2,1-3H3,(H,16,17);1H/t11-;/m1./s1. The molecule has 0 bridgehead atoms. The maximum absolute atomic E-state index is 12.7. The van der Waals surface area contributed by atoms with E-state index >= 15 is 0 Å². The summed E-state index contributed by atoms with van der Waals surface area (Å²) in [6.07, 6.45) is 0. The smallest absolute Gasteiger partial charge is 0.237 e. The number of halogens is 2. The van der Waals surface area contributed by atoms with Gasteiger partial charge in [0.1, 0.15) is 5.82 Å². The first kappa shape index (κ1) is 16.9. The van der Waals surface area contributed by atoms with Crippen LogP contribution in [0, 0.1) is 11.2 Å². The van der Waals surface area contributed by atoms with Crippen LogP contribution in [0.15, 0.2) is 24.3 Å². The quantitative estimate of drug-likeness (QED) is 0.888. The van der Waals surface area contributed by atoms with Crippen LogP contribution < -0.4 is 11.1 Å². The summed E-state index contributed by atoms with van der Waals surface area (Å²) in [5.74, 6) is -0.478. The van der Waals surface area contributed by atoms with Gasteiger partial charge in [-0.2, -0.15) is 0 Å². The molecule has 0 spiro atoms. The molecule has 0 heterocycles. The lowest BCUT2D eigenvalue weighted by molar-refractivity contribution is -0.124. The van der Waals surface area contributed by atoms with Gasteiger partial charge in [-0.05, 0) is 23.1 Å². The first-order valence-electron chi connectivity index (χ1n) is 5.58. The fraction of sp³-hybridized carbons (Fsp3) is 0.462. The number of carbonyl (C=O) groups excluding carboxylic acids is 1. The summed E-state index contributed by atoms with van der Waals surface area (Å²) in [5.41, 5.74) is 6.39. The van der Waals surface area contributed by atoms with Gasteiger partial charge >= 0.3 is 0 Å². The number of amides is 1. The van der Waals surface area contributed by atoms with Crippen LogP contribution in [0.3, 0.4) is 0 Å². The highest BCUT2D eigenvalue weighted by atomic mass is 35.5. The molecule has 0 aromatic heterocycles. The Morgan fingerprint density at radius 1 is 1.33 bits per heavy atom. The maximum Gasteiger partial charge on any atom is 0.237 e. The fourth-order valence-corrected chi connectivity index (χ4v) is 1.29. The monoisotopic (exact) mass is 274 g/mol. The highest BCUT2D eigenvalue weighted by Gasteiger charge is 2.26. The summed E-state index contributed by atoms with van der Waals surface area (Å²) < 4.78 is 12.7. The van der Waals surface area contributed by atoms with Gasteiger partial charge in [-0.1, -0.05) is 32.9 Å². The molecule has 0 aliphatic carbocycles. The molecule has 1 aromatic rings. The van der Waals surface area contributed by atoms with Crippen LogP contribution in [0.5, 0.6) is 0 Å². The van der Waals surface area contributed by atoms with Crippen LogP contribution in [-0.4, -0.2) is 11.9 Å². The molecular weight excluding hydrogens is 255 g/mol. The van der Waals surface area contributed by atoms with E-state index in [9.17, 15) is 9.18 Å². The molecule has 3 N–H and O–H groups in total. The van der Waals surface area contributed by atoms with E-state index in [1.54, 1.807) is 12.1 Å². The molecule has 0 unspecified atom stereocenters. The van der Waals surface area contributed by atoms with E-state index in [1.165, 1.54) is 12.1 Å². The summed E-state index contributed by atoms with van der Waals surface area (Å²) in [6.45, 7) is 6.10. The van der Waals surface area contributed by atoms with Gasteiger partial charge in [-0.3, -0.25) is 4.79 Å². The summed E-state index contributed by atoms with van der Waals surface area (Å²) in [4.78, 5) is 11.7. The first-order valence-corrected chi connectivity index (χ1v) is 5.58. The lowest BCUT2D eigenvalue weighted by Crippen LogP contribution is -2.48. The van der Waals surface area contributed by atoms with Crippen molar-refractivity contribution < 1.29 is 9.18 Å². The van der Waals surface area contributed by atoms with Crippen LogP contribution in [-0.2, 0) is 11.3 Å². The highest BCUT2D eigenvalue weighted by molar-refractivity contribution is 5.85. The SMILES string of the molecule is CC(C)(C)[C@H](N)C(=O)NCc1ccc(F)cc1.Cl. The van der Waals surface area contributed by atoms with Crippen LogP contribution in [0.2, 0.25) is 0 Å². The Balaban J connectivity index is 0.00000289. The van der Waals surface area contributed by atoms with Gasteiger partial charge in [-0.15, -0.1) is 12.4 Å². The van der Waals surface area contributed by atoms with Crippen LogP contribution in [0.4, 0.5) is 4.39 Å². The molecule has 1 amide bonds. The van der Waals surface area contributed by atoms with Crippen LogP contribution in [0.25, 0.3) is 0 Å². The average molecular weight is 275 g/mol. The van der Waals surface area contributed by atoms with Gasteiger partial charge < -0.3 is 11.1 Å². The molecule has 0 saturated carbocycles. The van der Waals surface area contributed by atoms with E-state index in [-0.39, 0.29) is 29.5 Å². The molecular formula is C13H20ClFN2O. The molecule has 18 heavy (non-hydrogen) atoms. The third-order valence-electron chi connectivity index (χ3n) is 2.60. The van der Waals surface area contributed by atoms with Gasteiger partial charge in [0, 0.05) is 6.54 Å². The molecule has 0 fully saturated rings. The maximum atomic E-state index is 12.7. The minimum absolute atomic E-state index is 0. The largest absolute Gasteiger partial charge is 0.351 e. The second-order valence-corrected chi connectivity index (χ2v) is 5.19. The van der Waals surface area contributed by atoms with Crippen molar-refractivity contribution in [2.24, 2.45) is 11.1 Å². The lowest BCUT2D eigenvalue weighted by Gasteiger charge is -2.25. The normalized spacial score (nSPS) is 12.5. The summed E-state index contributed by atoms with van der Waals surface area (Å²) >= 11 is 0. The molecule has 1 rings (SSSR count). The Hall–Kier alpha value is -1.13. The van der Waals surface area contributed by atoms with E-state index in [0.29, 0.717) is 6.54 Å². The Labute approximate surface area is 113 Å². The van der Waals surface area contributed by atoms with Gasteiger partial charge in [-0.25, -0.2) is 4.39 Å². The van der Waals surface area contributed by atoms with Crippen LogP contribution >= 0.6 is 12.4 Å². The fourth-order valence-electron chi connectivity index (χ4n) is 1.29. The van der Waals surface area contributed by atoms with Crippen molar-refractivity contribution in [3.05, 3.63) is 35.6 Å². The van der Waals surface area contributed by atoms with Gasteiger partial charge in [0.2, 0.25) is 5.91 Å². The summed E-state index contributed by atoms with van der Waals surface area (Å²) in [5, 5.41) is 2.74. The van der Waals surface area contributed by atoms with E-state index in [0.717, 1.165) is 5.56 Å². The van der Waals surface area contributed by atoms with E-state index in [2.05, 4.69) is 5.32 Å². The summed E-state index contributed by atoms with van der Waals surface area (Å²) in [6, 6.07) is 5.45. The number of hydrogen-bond donors (Lipinski definition) is 2. The van der Waals surface area contributed by atoms with Crippen molar-refractivity contribution in [1.29, 1.82) is 0 Å². The second-order valence-electron chi connectivity index (χ2n) is 5.19. The Morgan fingerprint density at radius 3 is 2.28 bits per heavy atom. The minimum atomic E-state index is -0.553. The first-order chi connectivity index (χ1) is 7.80. The molecule has 0 aliphatic heterocycles. The van der Waals surface area contributed by atoms with Crippen LogP contribution in [0.1, 0.15) is 26.3 Å². The number of nitrogens with two attached hydrogens (primary N) is 1. The van der Waals surface area contributed by atoms with Crippen molar-refractivity contribution in [3.8, 4) is 0 Å². The van der Waals surface area contributed by atoms with Crippen molar-refractivity contribution in [2.45, 2.75) is 33.4 Å². The number of carbonyl (C=O) groups is 1. The zero-order valence-corrected chi connectivity index (χ0v) is 11.7. The van der Waals surface area contributed by atoms with E-state index < -0.39 is 6.04 Å². The van der Waals surface area contributed by atoms with Crippen molar-refractivity contribution in [3.63, 3.8) is 0 Å². The highest BCUT2D eigenvalue weighted by Crippen LogP contribution is 2.17. The molecule has 1 aromatic carbocycles. The van der Waals surface area contributed by atoms with Crippen molar-refractivity contribution in [2.75, 3.05) is 0 Å². The zero-order chi connectivity index (χ0) is 13.1. The number of benzene rings is 1. The number of hydrogen-bond acceptors (Lipinski definition) is 2. The van der Waals surface area contributed by atoms with Gasteiger partial charge in [0.25, 0.3) is 0 Å². The minimum Gasteiger partial charge on any atom is -0.351 e. The topological polar surface area (TPSA) is 55.1 Å². The Bertz CT molecular complexity index is 387. The molecule has 0 saturated heterocycles. The molecule has 1 atom stereocenters. The Morgan fingerprint density at radius 2 is 1.83 bits per heavy atom. The van der Waals surface area contributed by atoms with Gasteiger partial charge in [0.15, 0.2) is 0 Å². The molecule has 0 radical (unpaired) electrons. The number of rotatable bonds is 3. The average Bonchev–Trinajstić information content (AvgIpc) is 2.25. The molecule has 0 aliphatic rings. The van der Waals surface area contributed by atoms with Crippen molar-refractivity contribution in [1.82, 2.24) is 5.32 Å². The third-order valence-corrected chi connectivity index (χ3v) is 2.60. The number of nitrogens with one attached hydrogen (secondary N) is 1. The molecule has 5 heteroatoms. The predicted octanol–water partition coefficient (Wildman–Crippen LogP) is 2.24.